The van der Waals surface area contributed by atoms with E-state index in [9.17, 15) is 0 Å². The molecule has 0 spiro atoms. The van der Waals surface area contributed by atoms with Crippen molar-refractivity contribution >= 4 is 11.6 Å². The number of nitrogens with two attached hydrogens (primary N) is 1. The van der Waals surface area contributed by atoms with Crippen molar-refractivity contribution in [2.45, 2.75) is 78.3 Å². The second-order valence-electron chi connectivity index (χ2n) is 7.02. The lowest BCUT2D eigenvalue weighted by molar-refractivity contribution is 0.180. The predicted molar refractivity (Wildman–Crippen MR) is 89.7 cm³/mol. The molecule has 2 unspecified atom stereocenters. The van der Waals surface area contributed by atoms with Gasteiger partial charge in [-0.3, -0.25) is 4.68 Å². The van der Waals surface area contributed by atoms with Gasteiger partial charge in [0.2, 0.25) is 0 Å². The summed E-state index contributed by atoms with van der Waals surface area (Å²) >= 11 is 6.55. The third kappa shape index (κ3) is 3.62. The van der Waals surface area contributed by atoms with Gasteiger partial charge in [0.05, 0.1) is 16.4 Å². The summed E-state index contributed by atoms with van der Waals surface area (Å²) in [6.45, 7) is 9.71. The van der Waals surface area contributed by atoms with Gasteiger partial charge in [0, 0.05) is 18.5 Å². The van der Waals surface area contributed by atoms with Crippen molar-refractivity contribution in [3.63, 3.8) is 0 Å². The zero-order valence-corrected chi connectivity index (χ0v) is 14.7. The first kappa shape index (κ1) is 16.8. The van der Waals surface area contributed by atoms with Crippen LogP contribution in [-0.2, 0) is 19.4 Å². The van der Waals surface area contributed by atoms with Crippen LogP contribution in [0.1, 0.15) is 64.8 Å². The molecule has 2 N–H and O–H groups in total. The van der Waals surface area contributed by atoms with Crippen LogP contribution in [0.4, 0.5) is 0 Å². The van der Waals surface area contributed by atoms with Gasteiger partial charge in [0.1, 0.15) is 0 Å². The van der Waals surface area contributed by atoms with Gasteiger partial charge >= 0.3 is 0 Å². The molecule has 3 nitrogen and oxygen atoms in total. The Morgan fingerprint density at radius 3 is 2.71 bits per heavy atom. The van der Waals surface area contributed by atoms with E-state index in [4.69, 9.17) is 17.3 Å². The van der Waals surface area contributed by atoms with E-state index in [1.807, 2.05) is 0 Å². The minimum atomic E-state index is -0.116. The summed E-state index contributed by atoms with van der Waals surface area (Å²) in [7, 11) is 0. The van der Waals surface area contributed by atoms with Crippen LogP contribution >= 0.6 is 11.6 Å². The lowest BCUT2D eigenvalue weighted by Gasteiger charge is -2.40. The summed E-state index contributed by atoms with van der Waals surface area (Å²) in [5, 5.41) is 5.47. The highest BCUT2D eigenvalue weighted by atomic mass is 35.5. The molecule has 1 fully saturated rings. The molecule has 2 rings (SSSR count). The van der Waals surface area contributed by atoms with Crippen LogP contribution in [0.25, 0.3) is 0 Å². The summed E-state index contributed by atoms with van der Waals surface area (Å²) in [5.74, 6) is 1.46. The molecule has 1 saturated carbocycles. The number of halogens is 1. The Labute approximate surface area is 134 Å². The molecule has 1 aliphatic rings. The molecule has 0 bridgehead atoms. The monoisotopic (exact) mass is 311 g/mol. The highest BCUT2D eigenvalue weighted by Crippen LogP contribution is 2.38. The van der Waals surface area contributed by atoms with Gasteiger partial charge in [-0.2, -0.15) is 5.10 Å². The van der Waals surface area contributed by atoms with E-state index in [0.717, 1.165) is 54.6 Å². The number of nitrogens with zero attached hydrogens (tertiary/aromatic N) is 2. The van der Waals surface area contributed by atoms with Crippen molar-refractivity contribution in [2.24, 2.45) is 17.6 Å². The Morgan fingerprint density at radius 1 is 1.43 bits per heavy atom. The number of hydrogen-bond donors (Lipinski definition) is 1. The summed E-state index contributed by atoms with van der Waals surface area (Å²) in [6, 6.07) is 0. The molecular weight excluding hydrogens is 282 g/mol. The third-order valence-electron chi connectivity index (χ3n) is 5.07. The first-order valence-electron chi connectivity index (χ1n) is 8.43. The van der Waals surface area contributed by atoms with Crippen LogP contribution in [-0.4, -0.2) is 15.3 Å². The van der Waals surface area contributed by atoms with Crippen molar-refractivity contribution in [3.05, 3.63) is 16.4 Å². The smallest absolute Gasteiger partial charge is 0.0850 e. The van der Waals surface area contributed by atoms with Crippen LogP contribution in [0.15, 0.2) is 0 Å². The first-order chi connectivity index (χ1) is 9.90. The lowest BCUT2D eigenvalue weighted by Crippen LogP contribution is -2.47. The van der Waals surface area contributed by atoms with E-state index in [1.165, 1.54) is 12.8 Å². The Balaban J connectivity index is 2.22. The molecule has 0 saturated heterocycles. The van der Waals surface area contributed by atoms with Crippen LogP contribution in [0.5, 0.6) is 0 Å². The average Bonchev–Trinajstić information content (AvgIpc) is 2.74. The minimum Gasteiger partial charge on any atom is -0.325 e. The Hall–Kier alpha value is -0.540. The molecule has 0 radical (unpaired) electrons. The van der Waals surface area contributed by atoms with Gasteiger partial charge in [-0.25, -0.2) is 0 Å². The van der Waals surface area contributed by atoms with Gasteiger partial charge in [-0.15, -0.1) is 0 Å². The van der Waals surface area contributed by atoms with Crippen LogP contribution < -0.4 is 5.73 Å². The molecular formula is C17H30ClN3. The van der Waals surface area contributed by atoms with Gasteiger partial charge in [-0.05, 0) is 38.0 Å². The van der Waals surface area contributed by atoms with Crippen molar-refractivity contribution < 1.29 is 0 Å². The molecule has 1 aromatic rings. The molecule has 4 heteroatoms. The standard InChI is InChI=1S/C17H30ClN3/c1-5-14-16(18)15(21(6-2)20-14)11-17(19)9-7-8-13(10-17)12(3)4/h12-13H,5-11,19H2,1-4H3. The quantitative estimate of drug-likeness (QED) is 0.885. The zero-order chi connectivity index (χ0) is 15.6. The fourth-order valence-corrected chi connectivity index (χ4v) is 4.03. The van der Waals surface area contributed by atoms with Crippen LogP contribution in [0.3, 0.4) is 0 Å². The molecule has 0 aliphatic heterocycles. The highest BCUT2D eigenvalue weighted by Gasteiger charge is 2.35. The predicted octanol–water partition coefficient (Wildman–Crippen LogP) is 4.21. The Kier molecular flexibility index (Phi) is 5.37. The number of rotatable bonds is 5. The molecule has 0 amide bonds. The maximum absolute atomic E-state index is 6.76. The average molecular weight is 312 g/mol. The SMILES string of the molecule is CCc1nn(CC)c(CC2(N)CCCC(C(C)C)C2)c1Cl. The number of aryl methyl sites for hydroxylation is 2. The first-order valence-corrected chi connectivity index (χ1v) is 8.81. The summed E-state index contributed by atoms with van der Waals surface area (Å²) < 4.78 is 2.05. The van der Waals surface area contributed by atoms with Crippen molar-refractivity contribution in [2.75, 3.05) is 0 Å². The van der Waals surface area contributed by atoms with E-state index in [2.05, 4.69) is 37.5 Å². The second kappa shape index (κ2) is 6.70. The highest BCUT2D eigenvalue weighted by molar-refractivity contribution is 6.31. The topological polar surface area (TPSA) is 43.8 Å². The fraction of sp³-hybridized carbons (Fsp3) is 0.824. The largest absolute Gasteiger partial charge is 0.325 e. The van der Waals surface area contributed by atoms with E-state index in [0.29, 0.717) is 5.92 Å². The molecule has 2 atom stereocenters. The summed E-state index contributed by atoms with van der Waals surface area (Å²) in [4.78, 5) is 0. The van der Waals surface area contributed by atoms with E-state index in [-0.39, 0.29) is 5.54 Å². The summed E-state index contributed by atoms with van der Waals surface area (Å²) in [6.07, 6.45) is 6.50. The molecule has 0 aromatic carbocycles. The van der Waals surface area contributed by atoms with E-state index >= 15 is 0 Å². The Bertz CT molecular complexity index is 481. The molecule has 21 heavy (non-hydrogen) atoms. The zero-order valence-electron chi connectivity index (χ0n) is 14.0. The van der Waals surface area contributed by atoms with Gasteiger partial charge in [0.25, 0.3) is 0 Å². The lowest BCUT2D eigenvalue weighted by atomic mass is 9.70. The van der Waals surface area contributed by atoms with Crippen LogP contribution in [0.2, 0.25) is 5.02 Å². The molecule has 1 heterocycles. The maximum atomic E-state index is 6.76. The third-order valence-corrected chi connectivity index (χ3v) is 5.51. The normalized spacial score (nSPS) is 26.5. The number of hydrogen-bond acceptors (Lipinski definition) is 2. The molecule has 1 aliphatic carbocycles. The van der Waals surface area contributed by atoms with Crippen molar-refractivity contribution in [3.8, 4) is 0 Å². The van der Waals surface area contributed by atoms with E-state index < -0.39 is 0 Å². The Morgan fingerprint density at radius 2 is 2.14 bits per heavy atom. The van der Waals surface area contributed by atoms with E-state index in [1.54, 1.807) is 0 Å². The fourth-order valence-electron chi connectivity index (χ4n) is 3.69. The van der Waals surface area contributed by atoms with Crippen LogP contribution in [0, 0.1) is 11.8 Å². The number of aromatic nitrogens is 2. The van der Waals surface area contributed by atoms with Crippen molar-refractivity contribution in [1.29, 1.82) is 0 Å². The van der Waals surface area contributed by atoms with Gasteiger partial charge < -0.3 is 5.73 Å². The van der Waals surface area contributed by atoms with Crippen molar-refractivity contribution in [1.82, 2.24) is 9.78 Å². The second-order valence-corrected chi connectivity index (χ2v) is 7.39. The maximum Gasteiger partial charge on any atom is 0.0850 e. The van der Waals surface area contributed by atoms with Gasteiger partial charge in [0.15, 0.2) is 0 Å². The molecule has 1 aromatic heterocycles. The molecule has 120 valence electrons. The van der Waals surface area contributed by atoms with Gasteiger partial charge in [-0.1, -0.05) is 45.2 Å². The minimum absolute atomic E-state index is 0.116. The summed E-state index contributed by atoms with van der Waals surface area (Å²) in [5.41, 5.74) is 8.80.